The van der Waals surface area contributed by atoms with Crippen LogP contribution >= 0.6 is 0 Å². The number of nitrogens with two attached hydrogens (primary N) is 1. The molecule has 1 saturated heterocycles. The van der Waals surface area contributed by atoms with Crippen molar-refractivity contribution in [1.82, 2.24) is 15.0 Å². The molecule has 2 aromatic rings. The van der Waals surface area contributed by atoms with Gasteiger partial charge in [0.15, 0.2) is 5.82 Å². The number of pyridine rings is 1. The van der Waals surface area contributed by atoms with Crippen LogP contribution in [0.5, 0.6) is 0 Å². The molecule has 150 valence electrons. The number of hydrogen-bond donors (Lipinski definition) is 1. The number of methoxy groups -OCH3 is 1. The van der Waals surface area contributed by atoms with Crippen molar-refractivity contribution in [3.63, 3.8) is 0 Å². The molecular weight excluding hydrogens is 352 g/mol. The van der Waals surface area contributed by atoms with Crippen LogP contribution in [0.3, 0.4) is 0 Å². The summed E-state index contributed by atoms with van der Waals surface area (Å²) in [5.74, 6) is 2.24. The van der Waals surface area contributed by atoms with Gasteiger partial charge in [0.2, 0.25) is 0 Å². The van der Waals surface area contributed by atoms with Crippen molar-refractivity contribution >= 4 is 11.5 Å². The molecule has 0 bridgehead atoms. The van der Waals surface area contributed by atoms with Crippen molar-refractivity contribution in [2.24, 2.45) is 5.73 Å². The monoisotopic (exact) mass is 382 g/mol. The van der Waals surface area contributed by atoms with Gasteiger partial charge in [0, 0.05) is 74.6 Å². The molecule has 3 heterocycles. The van der Waals surface area contributed by atoms with Gasteiger partial charge in [-0.05, 0) is 38.3 Å². The molecule has 1 aliphatic heterocycles. The van der Waals surface area contributed by atoms with Crippen molar-refractivity contribution in [1.29, 1.82) is 0 Å². The van der Waals surface area contributed by atoms with E-state index in [-0.39, 0.29) is 0 Å². The minimum atomic E-state index is 0.310. The molecule has 7 nitrogen and oxygen atoms in total. The SMILES string of the molecule is COCc1nc(C2CC(N)C2)cc(N2CCCN(c3ccnc(C)c3)CC2)n1. The number of nitrogens with zero attached hydrogens (tertiary/aromatic N) is 5. The van der Waals surface area contributed by atoms with Crippen molar-refractivity contribution in [2.75, 3.05) is 43.1 Å². The number of aromatic nitrogens is 3. The van der Waals surface area contributed by atoms with E-state index in [1.807, 2.05) is 13.1 Å². The van der Waals surface area contributed by atoms with E-state index < -0.39 is 0 Å². The first-order valence-corrected chi connectivity index (χ1v) is 10.2. The molecule has 4 rings (SSSR count). The van der Waals surface area contributed by atoms with Crippen LogP contribution in [0.4, 0.5) is 11.5 Å². The van der Waals surface area contributed by atoms with Crippen LogP contribution < -0.4 is 15.5 Å². The lowest BCUT2D eigenvalue weighted by Gasteiger charge is -2.33. The first-order valence-electron chi connectivity index (χ1n) is 10.2. The van der Waals surface area contributed by atoms with Crippen LogP contribution in [0.2, 0.25) is 0 Å². The highest BCUT2D eigenvalue weighted by Gasteiger charge is 2.30. The Labute approximate surface area is 166 Å². The largest absolute Gasteiger partial charge is 0.377 e. The molecular formula is C21H30N6O. The second-order valence-electron chi connectivity index (χ2n) is 7.91. The lowest BCUT2D eigenvalue weighted by molar-refractivity contribution is 0.177. The summed E-state index contributed by atoms with van der Waals surface area (Å²) in [6.07, 6.45) is 5.01. The van der Waals surface area contributed by atoms with Crippen molar-refractivity contribution in [3.8, 4) is 0 Å². The standard InChI is InChI=1S/C21H30N6O/c1-15-10-18(4-5-23-15)26-6-3-7-27(9-8-26)21-13-19(16-11-17(22)12-16)24-20(25-21)14-28-2/h4-5,10,13,16-17H,3,6-9,11-12,14,22H2,1-2H3. The van der Waals surface area contributed by atoms with E-state index in [1.54, 1.807) is 7.11 Å². The first-order chi connectivity index (χ1) is 13.6. The highest BCUT2D eigenvalue weighted by Crippen LogP contribution is 2.35. The summed E-state index contributed by atoms with van der Waals surface area (Å²) < 4.78 is 5.31. The molecule has 0 amide bonds. The van der Waals surface area contributed by atoms with Crippen LogP contribution in [0.15, 0.2) is 24.4 Å². The molecule has 0 radical (unpaired) electrons. The molecule has 0 aromatic carbocycles. The first kappa shape index (κ1) is 19.1. The third-order valence-electron chi connectivity index (χ3n) is 5.71. The number of ether oxygens (including phenoxy) is 1. The summed E-state index contributed by atoms with van der Waals surface area (Å²) in [5, 5.41) is 0. The number of aryl methyl sites for hydroxylation is 1. The van der Waals surface area contributed by atoms with Gasteiger partial charge in [0.1, 0.15) is 12.4 Å². The molecule has 1 saturated carbocycles. The van der Waals surface area contributed by atoms with Crippen LogP contribution in [-0.4, -0.2) is 54.3 Å². The molecule has 2 aliphatic rings. The van der Waals surface area contributed by atoms with Gasteiger partial charge in [-0.25, -0.2) is 9.97 Å². The van der Waals surface area contributed by atoms with Gasteiger partial charge in [0.05, 0.1) is 0 Å². The highest BCUT2D eigenvalue weighted by molar-refractivity contribution is 5.48. The Hall–Kier alpha value is -2.25. The maximum atomic E-state index is 6.00. The van der Waals surface area contributed by atoms with E-state index in [0.29, 0.717) is 18.6 Å². The Morgan fingerprint density at radius 1 is 1.11 bits per heavy atom. The minimum Gasteiger partial charge on any atom is -0.377 e. The molecule has 0 spiro atoms. The van der Waals surface area contributed by atoms with Gasteiger partial charge in [-0.1, -0.05) is 0 Å². The lowest BCUT2D eigenvalue weighted by Crippen LogP contribution is -2.36. The van der Waals surface area contributed by atoms with Gasteiger partial charge < -0.3 is 20.3 Å². The summed E-state index contributed by atoms with van der Waals surface area (Å²) in [4.78, 5) is 18.7. The number of anilines is 2. The molecule has 2 N–H and O–H groups in total. The van der Waals surface area contributed by atoms with Crippen molar-refractivity contribution in [2.45, 2.75) is 44.8 Å². The van der Waals surface area contributed by atoms with Gasteiger partial charge >= 0.3 is 0 Å². The molecule has 2 fully saturated rings. The Bertz CT molecular complexity index is 807. The summed E-state index contributed by atoms with van der Waals surface area (Å²) in [6.45, 7) is 6.43. The Morgan fingerprint density at radius 3 is 2.64 bits per heavy atom. The number of hydrogen-bond acceptors (Lipinski definition) is 7. The average Bonchev–Trinajstić information content (AvgIpc) is 2.92. The summed E-state index contributed by atoms with van der Waals surface area (Å²) in [5.41, 5.74) is 9.42. The van der Waals surface area contributed by atoms with Crippen LogP contribution in [0, 0.1) is 6.92 Å². The maximum Gasteiger partial charge on any atom is 0.156 e. The lowest BCUT2D eigenvalue weighted by atomic mass is 9.78. The average molecular weight is 383 g/mol. The third-order valence-corrected chi connectivity index (χ3v) is 5.71. The summed E-state index contributed by atoms with van der Waals surface area (Å²) in [6, 6.07) is 6.74. The molecule has 0 atom stereocenters. The Kier molecular flexibility index (Phi) is 5.73. The normalized spacial score (nSPS) is 22.7. The van der Waals surface area contributed by atoms with E-state index in [0.717, 1.165) is 68.5 Å². The summed E-state index contributed by atoms with van der Waals surface area (Å²) in [7, 11) is 1.69. The van der Waals surface area contributed by atoms with Crippen molar-refractivity contribution < 1.29 is 4.74 Å². The van der Waals surface area contributed by atoms with Gasteiger partial charge in [-0.15, -0.1) is 0 Å². The topological polar surface area (TPSA) is 80.4 Å². The predicted octanol–water partition coefficient (Wildman–Crippen LogP) is 2.25. The maximum absolute atomic E-state index is 6.00. The highest BCUT2D eigenvalue weighted by atomic mass is 16.5. The van der Waals surface area contributed by atoms with E-state index >= 15 is 0 Å². The second-order valence-corrected chi connectivity index (χ2v) is 7.91. The fourth-order valence-corrected chi connectivity index (χ4v) is 4.10. The summed E-state index contributed by atoms with van der Waals surface area (Å²) >= 11 is 0. The van der Waals surface area contributed by atoms with E-state index in [4.69, 9.17) is 20.4 Å². The zero-order valence-electron chi connectivity index (χ0n) is 16.8. The fraction of sp³-hybridized carbons (Fsp3) is 0.571. The van der Waals surface area contributed by atoms with Crippen LogP contribution in [-0.2, 0) is 11.3 Å². The Morgan fingerprint density at radius 2 is 1.89 bits per heavy atom. The molecule has 2 aromatic heterocycles. The third kappa shape index (κ3) is 4.25. The second kappa shape index (κ2) is 8.41. The molecule has 1 aliphatic carbocycles. The molecule has 0 unspecified atom stereocenters. The van der Waals surface area contributed by atoms with E-state index in [9.17, 15) is 0 Å². The van der Waals surface area contributed by atoms with Gasteiger partial charge in [0.25, 0.3) is 0 Å². The van der Waals surface area contributed by atoms with Crippen molar-refractivity contribution in [3.05, 3.63) is 41.6 Å². The smallest absolute Gasteiger partial charge is 0.156 e. The van der Waals surface area contributed by atoms with Gasteiger partial charge in [-0.3, -0.25) is 4.98 Å². The quantitative estimate of drug-likeness (QED) is 0.849. The Balaban J connectivity index is 1.51. The molecule has 28 heavy (non-hydrogen) atoms. The minimum absolute atomic E-state index is 0.310. The van der Waals surface area contributed by atoms with E-state index in [1.165, 1.54) is 5.69 Å². The zero-order chi connectivity index (χ0) is 19.5. The van der Waals surface area contributed by atoms with Crippen LogP contribution in [0.25, 0.3) is 0 Å². The van der Waals surface area contributed by atoms with Crippen LogP contribution in [0.1, 0.15) is 42.4 Å². The number of rotatable bonds is 5. The fourth-order valence-electron chi connectivity index (χ4n) is 4.10. The molecule has 7 heteroatoms. The van der Waals surface area contributed by atoms with Gasteiger partial charge in [-0.2, -0.15) is 0 Å². The zero-order valence-corrected chi connectivity index (χ0v) is 16.8. The van der Waals surface area contributed by atoms with E-state index in [2.05, 4.69) is 33.0 Å². The predicted molar refractivity (Wildman–Crippen MR) is 111 cm³/mol.